The second-order valence-corrected chi connectivity index (χ2v) is 4.75. The van der Waals surface area contributed by atoms with Gasteiger partial charge in [0.1, 0.15) is 11.6 Å². The van der Waals surface area contributed by atoms with Gasteiger partial charge >= 0.3 is 0 Å². The van der Waals surface area contributed by atoms with Gasteiger partial charge in [0.15, 0.2) is 0 Å². The average Bonchev–Trinajstić information content (AvgIpc) is 3.03. The summed E-state index contributed by atoms with van der Waals surface area (Å²) >= 11 is 0. The van der Waals surface area contributed by atoms with E-state index in [0.717, 1.165) is 11.0 Å². The van der Waals surface area contributed by atoms with Crippen molar-refractivity contribution in [3.8, 4) is 0 Å². The number of fused-ring (bicyclic) bond motifs is 1. The summed E-state index contributed by atoms with van der Waals surface area (Å²) in [6.07, 6.45) is 0.169. The molecule has 8 nitrogen and oxygen atoms in total. The molecule has 2 heterocycles. The Balaban J connectivity index is 1.66. The number of nitrogen functional groups attached to an aromatic ring is 1. The molecule has 0 saturated carbocycles. The van der Waals surface area contributed by atoms with Crippen LogP contribution in [0, 0.1) is 0 Å². The second kappa shape index (κ2) is 5.23. The summed E-state index contributed by atoms with van der Waals surface area (Å²) in [5.41, 5.74) is 7.19. The number of anilines is 1. The average molecular weight is 285 g/mol. The number of para-hydroxylation sites is 2. The molecule has 0 aliphatic rings. The number of carbonyl (C=O) groups is 1. The predicted octanol–water partition coefficient (Wildman–Crippen LogP) is 0.683. The van der Waals surface area contributed by atoms with Crippen molar-refractivity contribution < 1.29 is 4.79 Å². The minimum absolute atomic E-state index is 0.156. The van der Waals surface area contributed by atoms with Gasteiger partial charge in [0.2, 0.25) is 11.9 Å². The number of carbonyl (C=O) groups excluding carboxylic acids is 1. The van der Waals surface area contributed by atoms with Crippen LogP contribution in [-0.2, 0) is 11.2 Å². The Morgan fingerprint density at radius 2 is 2.19 bits per heavy atom. The number of nitrogens with zero attached hydrogens (tertiary/aromatic N) is 3. The molecule has 0 aliphatic carbocycles. The van der Waals surface area contributed by atoms with E-state index < -0.39 is 0 Å². The molecule has 0 aliphatic heterocycles. The first kappa shape index (κ1) is 13.1. The molecule has 0 saturated heterocycles. The summed E-state index contributed by atoms with van der Waals surface area (Å²) in [7, 11) is 0. The van der Waals surface area contributed by atoms with E-state index in [1.54, 1.807) is 6.92 Å². The van der Waals surface area contributed by atoms with Crippen molar-refractivity contribution in [3.05, 3.63) is 35.9 Å². The van der Waals surface area contributed by atoms with Crippen LogP contribution in [0.3, 0.4) is 0 Å². The minimum Gasteiger partial charge on any atom is -0.367 e. The first-order valence-electron chi connectivity index (χ1n) is 6.52. The predicted molar refractivity (Wildman–Crippen MR) is 77.2 cm³/mol. The number of aromatic amines is 2. The van der Waals surface area contributed by atoms with Crippen LogP contribution in [0.15, 0.2) is 24.3 Å². The number of H-pyrrole nitrogens is 2. The number of hydrogen-bond donors (Lipinski definition) is 4. The van der Waals surface area contributed by atoms with Crippen LogP contribution < -0.4 is 11.1 Å². The topological polar surface area (TPSA) is 125 Å². The smallest absolute Gasteiger partial charge is 0.239 e. The first-order chi connectivity index (χ1) is 10.1. The first-order valence-corrected chi connectivity index (χ1v) is 6.52. The molecule has 1 amide bonds. The molecule has 3 rings (SSSR count). The van der Waals surface area contributed by atoms with Crippen LogP contribution in [0.2, 0.25) is 0 Å². The molecular weight excluding hydrogens is 270 g/mol. The minimum atomic E-state index is -0.299. The van der Waals surface area contributed by atoms with E-state index in [-0.39, 0.29) is 24.3 Å². The Bertz CT molecular complexity index is 743. The van der Waals surface area contributed by atoms with E-state index in [0.29, 0.717) is 11.6 Å². The fourth-order valence-electron chi connectivity index (χ4n) is 2.08. The molecule has 5 N–H and O–H groups in total. The van der Waals surface area contributed by atoms with Gasteiger partial charge in [-0.2, -0.15) is 4.98 Å². The number of benzene rings is 1. The van der Waals surface area contributed by atoms with E-state index in [4.69, 9.17) is 5.73 Å². The Hall–Kier alpha value is -2.90. The molecule has 1 atom stereocenters. The van der Waals surface area contributed by atoms with Crippen LogP contribution in [-0.4, -0.2) is 31.1 Å². The highest BCUT2D eigenvalue weighted by Crippen LogP contribution is 2.11. The fourth-order valence-corrected chi connectivity index (χ4v) is 2.08. The summed E-state index contributed by atoms with van der Waals surface area (Å²) in [5.74, 6) is 1.14. The zero-order valence-electron chi connectivity index (χ0n) is 11.4. The normalized spacial score (nSPS) is 12.4. The highest BCUT2D eigenvalue weighted by atomic mass is 16.1. The lowest BCUT2D eigenvalue weighted by molar-refractivity contribution is -0.121. The highest BCUT2D eigenvalue weighted by molar-refractivity contribution is 5.80. The van der Waals surface area contributed by atoms with Crippen molar-refractivity contribution in [1.29, 1.82) is 0 Å². The lowest BCUT2D eigenvalue weighted by Crippen LogP contribution is -2.29. The molecule has 0 radical (unpaired) electrons. The quantitative estimate of drug-likeness (QED) is 0.561. The van der Waals surface area contributed by atoms with Crippen molar-refractivity contribution in [2.45, 2.75) is 19.4 Å². The number of rotatable bonds is 4. The number of imidazole rings is 1. The second-order valence-electron chi connectivity index (χ2n) is 4.75. The SMILES string of the molecule is CC(NC(=O)Cc1nc2ccccc2[nH]1)c1nc(N)n[nH]1. The van der Waals surface area contributed by atoms with Crippen LogP contribution in [0.1, 0.15) is 24.6 Å². The van der Waals surface area contributed by atoms with E-state index in [1.165, 1.54) is 0 Å². The lowest BCUT2D eigenvalue weighted by atomic mass is 10.3. The Labute approximate surface area is 120 Å². The number of nitrogens with one attached hydrogen (secondary N) is 3. The van der Waals surface area contributed by atoms with Crippen LogP contribution in [0.5, 0.6) is 0 Å². The summed E-state index contributed by atoms with van der Waals surface area (Å²) < 4.78 is 0. The van der Waals surface area contributed by atoms with Gasteiger partial charge in [-0.05, 0) is 19.1 Å². The number of hydrogen-bond acceptors (Lipinski definition) is 5. The van der Waals surface area contributed by atoms with Gasteiger partial charge in [0.25, 0.3) is 0 Å². The van der Waals surface area contributed by atoms with Gasteiger partial charge in [-0.25, -0.2) is 4.98 Å². The number of aromatic nitrogens is 5. The molecule has 21 heavy (non-hydrogen) atoms. The van der Waals surface area contributed by atoms with Crippen LogP contribution in [0.25, 0.3) is 11.0 Å². The molecule has 0 bridgehead atoms. The molecule has 0 fully saturated rings. The van der Waals surface area contributed by atoms with Gasteiger partial charge in [-0.3, -0.25) is 9.89 Å². The third kappa shape index (κ3) is 2.83. The number of nitrogens with two attached hydrogens (primary N) is 1. The van der Waals surface area contributed by atoms with E-state index >= 15 is 0 Å². The largest absolute Gasteiger partial charge is 0.367 e. The summed E-state index contributed by atoms with van der Waals surface area (Å²) in [5, 5.41) is 9.22. The molecule has 1 unspecified atom stereocenters. The maximum Gasteiger partial charge on any atom is 0.239 e. The molecule has 0 spiro atoms. The highest BCUT2D eigenvalue weighted by Gasteiger charge is 2.14. The van der Waals surface area contributed by atoms with Gasteiger partial charge in [-0.1, -0.05) is 12.1 Å². The van der Waals surface area contributed by atoms with Gasteiger partial charge < -0.3 is 16.0 Å². The van der Waals surface area contributed by atoms with E-state index in [9.17, 15) is 4.79 Å². The Morgan fingerprint density at radius 1 is 1.38 bits per heavy atom. The molecule has 8 heteroatoms. The van der Waals surface area contributed by atoms with E-state index in [1.807, 2.05) is 24.3 Å². The van der Waals surface area contributed by atoms with Crippen molar-refractivity contribution in [2.24, 2.45) is 0 Å². The standard InChI is InChI=1S/C13H15N7O/c1-7(12-18-13(14)20-19-12)15-11(21)6-10-16-8-4-2-3-5-9(8)17-10/h2-5,7H,6H2,1H3,(H,15,21)(H,16,17)(H3,14,18,19,20). The van der Waals surface area contributed by atoms with Crippen molar-refractivity contribution in [3.63, 3.8) is 0 Å². The fraction of sp³-hybridized carbons (Fsp3) is 0.231. The Kier molecular flexibility index (Phi) is 3.27. The third-order valence-corrected chi connectivity index (χ3v) is 3.07. The third-order valence-electron chi connectivity index (χ3n) is 3.07. The Morgan fingerprint density at radius 3 is 2.90 bits per heavy atom. The van der Waals surface area contributed by atoms with Crippen molar-refractivity contribution in [1.82, 2.24) is 30.5 Å². The molecule has 1 aromatic carbocycles. The van der Waals surface area contributed by atoms with Crippen molar-refractivity contribution >= 4 is 22.9 Å². The molecule has 108 valence electrons. The molecule has 3 aromatic rings. The monoisotopic (exact) mass is 285 g/mol. The van der Waals surface area contributed by atoms with Crippen LogP contribution >= 0.6 is 0 Å². The zero-order valence-corrected chi connectivity index (χ0v) is 11.4. The lowest BCUT2D eigenvalue weighted by Gasteiger charge is -2.09. The van der Waals surface area contributed by atoms with E-state index in [2.05, 4.69) is 30.5 Å². The van der Waals surface area contributed by atoms with Gasteiger partial charge in [-0.15, -0.1) is 5.10 Å². The van der Waals surface area contributed by atoms with Gasteiger partial charge in [0.05, 0.1) is 23.5 Å². The zero-order chi connectivity index (χ0) is 14.8. The number of amides is 1. The maximum absolute atomic E-state index is 12.0. The van der Waals surface area contributed by atoms with Crippen molar-refractivity contribution in [2.75, 3.05) is 5.73 Å². The molecule has 2 aromatic heterocycles. The summed E-state index contributed by atoms with van der Waals surface area (Å²) in [4.78, 5) is 23.5. The van der Waals surface area contributed by atoms with Gasteiger partial charge in [0, 0.05) is 0 Å². The summed E-state index contributed by atoms with van der Waals surface area (Å²) in [6.45, 7) is 1.80. The maximum atomic E-state index is 12.0. The molecular formula is C13H15N7O. The summed E-state index contributed by atoms with van der Waals surface area (Å²) in [6, 6.07) is 7.34. The van der Waals surface area contributed by atoms with Crippen LogP contribution in [0.4, 0.5) is 5.95 Å².